The van der Waals surface area contributed by atoms with E-state index in [9.17, 15) is 10.2 Å². The van der Waals surface area contributed by atoms with Crippen molar-refractivity contribution in [2.75, 3.05) is 13.2 Å². The molecular weight excluding hydrogens is 276 g/mol. The van der Waals surface area contributed by atoms with Gasteiger partial charge in [0.05, 0.1) is 17.8 Å². The van der Waals surface area contributed by atoms with Crippen molar-refractivity contribution in [3.05, 3.63) is 35.9 Å². The maximum atomic E-state index is 11.7. The van der Waals surface area contributed by atoms with E-state index in [1.54, 1.807) is 0 Å². The molecule has 2 N–H and O–H groups in total. The van der Waals surface area contributed by atoms with Crippen molar-refractivity contribution >= 4 is 0 Å². The van der Waals surface area contributed by atoms with E-state index in [1.807, 2.05) is 18.2 Å². The number of ether oxygens (including phenoxy) is 1. The maximum absolute atomic E-state index is 11.7. The second-order valence-corrected chi connectivity index (χ2v) is 7.54. The summed E-state index contributed by atoms with van der Waals surface area (Å²) in [5.74, 6) is 0.0944. The molecule has 3 nitrogen and oxygen atoms in total. The first-order valence-corrected chi connectivity index (χ1v) is 8.46. The molecular formula is C19H28O3. The molecule has 1 saturated heterocycles. The Hall–Kier alpha value is -0.900. The van der Waals surface area contributed by atoms with Gasteiger partial charge in [0, 0.05) is 17.9 Å². The molecule has 1 aliphatic carbocycles. The lowest BCUT2D eigenvalue weighted by molar-refractivity contribution is -0.270. The topological polar surface area (TPSA) is 49.7 Å². The second kappa shape index (κ2) is 5.63. The fraction of sp³-hybridized carbons (Fsp3) is 0.684. The zero-order valence-corrected chi connectivity index (χ0v) is 13.7. The van der Waals surface area contributed by atoms with Gasteiger partial charge in [-0.2, -0.15) is 0 Å². The van der Waals surface area contributed by atoms with E-state index in [2.05, 4.69) is 26.0 Å². The van der Waals surface area contributed by atoms with Crippen LogP contribution in [0.15, 0.2) is 30.3 Å². The molecule has 122 valence electrons. The van der Waals surface area contributed by atoms with E-state index in [-0.39, 0.29) is 17.9 Å². The predicted octanol–water partition coefficient (Wildman–Crippen LogP) is 2.94. The molecule has 0 bridgehead atoms. The van der Waals surface area contributed by atoms with Crippen molar-refractivity contribution in [1.29, 1.82) is 0 Å². The summed E-state index contributed by atoms with van der Waals surface area (Å²) in [7, 11) is 0. The summed E-state index contributed by atoms with van der Waals surface area (Å²) in [6, 6.07) is 10.3. The summed E-state index contributed by atoms with van der Waals surface area (Å²) in [4.78, 5) is 0. The Morgan fingerprint density at radius 3 is 2.59 bits per heavy atom. The fourth-order valence-electron chi connectivity index (χ4n) is 5.08. The summed E-state index contributed by atoms with van der Waals surface area (Å²) in [6.45, 7) is 4.86. The quantitative estimate of drug-likeness (QED) is 0.899. The number of hydrogen-bond donors (Lipinski definition) is 2. The van der Waals surface area contributed by atoms with E-state index in [4.69, 9.17) is 4.74 Å². The lowest BCUT2D eigenvalue weighted by Crippen LogP contribution is -2.66. The molecule has 0 aromatic heterocycles. The smallest absolute Gasteiger partial charge is 0.0785 e. The molecule has 1 aromatic carbocycles. The molecule has 0 spiro atoms. The number of fused-ring (bicyclic) bond motifs is 1. The van der Waals surface area contributed by atoms with Gasteiger partial charge in [0.2, 0.25) is 0 Å². The molecule has 22 heavy (non-hydrogen) atoms. The number of hydrogen-bond acceptors (Lipinski definition) is 3. The first-order chi connectivity index (χ1) is 10.5. The fourth-order valence-corrected chi connectivity index (χ4v) is 5.08. The Balaban J connectivity index is 1.94. The Kier molecular flexibility index (Phi) is 4.09. The largest absolute Gasteiger partial charge is 0.396 e. The number of rotatable bonds is 4. The predicted molar refractivity (Wildman–Crippen MR) is 86.6 cm³/mol. The minimum atomic E-state index is -0.743. The van der Waals surface area contributed by atoms with Crippen LogP contribution in [0.1, 0.15) is 45.1 Å². The van der Waals surface area contributed by atoms with Crippen molar-refractivity contribution in [2.24, 2.45) is 11.3 Å². The Morgan fingerprint density at radius 1 is 1.18 bits per heavy atom. The van der Waals surface area contributed by atoms with E-state index in [1.165, 1.54) is 5.56 Å². The zero-order valence-electron chi connectivity index (χ0n) is 13.7. The average molecular weight is 304 g/mol. The van der Waals surface area contributed by atoms with Gasteiger partial charge in [-0.3, -0.25) is 0 Å². The van der Waals surface area contributed by atoms with Crippen LogP contribution in [0.5, 0.6) is 0 Å². The van der Waals surface area contributed by atoms with Crippen LogP contribution in [0, 0.1) is 11.3 Å². The molecule has 0 unspecified atom stereocenters. The molecule has 0 amide bonds. The third-order valence-electron chi connectivity index (χ3n) is 6.33. The van der Waals surface area contributed by atoms with Crippen LogP contribution >= 0.6 is 0 Å². The van der Waals surface area contributed by atoms with E-state index >= 15 is 0 Å². The van der Waals surface area contributed by atoms with Crippen LogP contribution in [0.3, 0.4) is 0 Å². The molecule has 3 heteroatoms. The minimum absolute atomic E-state index is 0.0944. The number of benzene rings is 1. The van der Waals surface area contributed by atoms with Crippen LogP contribution in [-0.2, 0) is 11.2 Å². The van der Waals surface area contributed by atoms with E-state index < -0.39 is 11.2 Å². The third kappa shape index (κ3) is 2.22. The molecule has 0 radical (unpaired) electrons. The highest BCUT2D eigenvalue weighted by Crippen LogP contribution is 2.62. The third-order valence-corrected chi connectivity index (χ3v) is 6.33. The number of aliphatic hydroxyl groups is 2. The van der Waals surface area contributed by atoms with Gasteiger partial charge in [-0.05, 0) is 51.5 Å². The molecule has 2 fully saturated rings. The SMILES string of the molecule is CC1(C)OC[C@@H](Cc2ccccc2)[C@@]2(O)CCC[C@@]12CCO. The maximum Gasteiger partial charge on any atom is 0.0785 e. The zero-order chi connectivity index (χ0) is 15.8. The average Bonchev–Trinajstić information content (AvgIpc) is 2.84. The highest BCUT2D eigenvalue weighted by atomic mass is 16.5. The summed E-state index contributed by atoms with van der Waals surface area (Å²) in [5.41, 5.74) is -0.234. The molecule has 1 aliphatic heterocycles. The van der Waals surface area contributed by atoms with Gasteiger partial charge < -0.3 is 14.9 Å². The summed E-state index contributed by atoms with van der Waals surface area (Å²) in [6.07, 6.45) is 4.20. The molecule has 1 saturated carbocycles. The van der Waals surface area contributed by atoms with Crippen LogP contribution in [0.2, 0.25) is 0 Å². The van der Waals surface area contributed by atoms with Crippen LogP contribution in [0.25, 0.3) is 0 Å². The second-order valence-electron chi connectivity index (χ2n) is 7.54. The van der Waals surface area contributed by atoms with Crippen molar-refractivity contribution in [1.82, 2.24) is 0 Å². The lowest BCUT2D eigenvalue weighted by atomic mass is 9.56. The molecule has 3 rings (SSSR count). The minimum Gasteiger partial charge on any atom is -0.396 e. The van der Waals surface area contributed by atoms with Crippen LogP contribution < -0.4 is 0 Å². The van der Waals surface area contributed by atoms with Crippen molar-refractivity contribution in [2.45, 2.75) is 57.2 Å². The normalized spacial score (nSPS) is 37.0. The Morgan fingerprint density at radius 2 is 1.91 bits per heavy atom. The van der Waals surface area contributed by atoms with Gasteiger partial charge in [-0.15, -0.1) is 0 Å². The monoisotopic (exact) mass is 304 g/mol. The van der Waals surface area contributed by atoms with E-state index in [0.717, 1.165) is 25.7 Å². The molecule has 1 heterocycles. The highest BCUT2D eigenvalue weighted by Gasteiger charge is 2.66. The Bertz CT molecular complexity index is 513. The van der Waals surface area contributed by atoms with Crippen molar-refractivity contribution < 1.29 is 14.9 Å². The first-order valence-electron chi connectivity index (χ1n) is 8.46. The van der Waals surface area contributed by atoms with Crippen molar-refractivity contribution in [3.8, 4) is 0 Å². The lowest BCUT2D eigenvalue weighted by Gasteiger charge is -2.59. The molecule has 3 atom stereocenters. The summed E-state index contributed by atoms with van der Waals surface area (Å²) < 4.78 is 6.21. The van der Waals surface area contributed by atoms with Gasteiger partial charge in [-0.1, -0.05) is 30.3 Å². The first kappa shape index (κ1) is 16.0. The molecule has 2 aliphatic rings. The van der Waals surface area contributed by atoms with Crippen LogP contribution in [0.4, 0.5) is 0 Å². The van der Waals surface area contributed by atoms with Gasteiger partial charge in [-0.25, -0.2) is 0 Å². The van der Waals surface area contributed by atoms with Gasteiger partial charge in [0.15, 0.2) is 0 Å². The van der Waals surface area contributed by atoms with Crippen molar-refractivity contribution in [3.63, 3.8) is 0 Å². The summed E-state index contributed by atoms with van der Waals surface area (Å²) in [5, 5.41) is 21.3. The Labute approximate surface area is 133 Å². The van der Waals surface area contributed by atoms with Gasteiger partial charge in [0.25, 0.3) is 0 Å². The highest BCUT2D eigenvalue weighted by molar-refractivity contribution is 5.21. The summed E-state index contributed by atoms with van der Waals surface area (Å²) >= 11 is 0. The number of aliphatic hydroxyl groups excluding tert-OH is 1. The standard InChI is InChI=1S/C19H28O3/c1-17(2)18(11-12-20)9-6-10-19(18,21)16(14-22-17)13-15-7-4-3-5-8-15/h3-5,7-8,16,20-21H,6,9-14H2,1-2H3/t16-,18-,19+/m1/s1. The van der Waals surface area contributed by atoms with Crippen LogP contribution in [-0.4, -0.2) is 34.6 Å². The van der Waals surface area contributed by atoms with Gasteiger partial charge in [0.1, 0.15) is 0 Å². The van der Waals surface area contributed by atoms with E-state index in [0.29, 0.717) is 13.0 Å². The van der Waals surface area contributed by atoms with Gasteiger partial charge >= 0.3 is 0 Å². The molecule has 1 aromatic rings.